The van der Waals surface area contributed by atoms with E-state index in [9.17, 15) is 17.6 Å². The van der Waals surface area contributed by atoms with Gasteiger partial charge in [0.05, 0.1) is 6.10 Å². The van der Waals surface area contributed by atoms with Gasteiger partial charge in [0.2, 0.25) is 0 Å². The van der Waals surface area contributed by atoms with Crippen molar-refractivity contribution in [2.45, 2.75) is 90.3 Å². The molecule has 5 unspecified atom stereocenters. The van der Waals surface area contributed by atoms with Crippen LogP contribution in [-0.4, -0.2) is 18.6 Å². The van der Waals surface area contributed by atoms with Crippen LogP contribution in [0.1, 0.15) is 71.6 Å². The van der Waals surface area contributed by atoms with Gasteiger partial charge in [0.25, 0.3) is 0 Å². The molecule has 0 aromatic carbocycles. The predicted octanol–water partition coefficient (Wildman–Crippen LogP) is 6.83. The summed E-state index contributed by atoms with van der Waals surface area (Å²) < 4.78 is 55.6. The second kappa shape index (κ2) is 8.20. The summed E-state index contributed by atoms with van der Waals surface area (Å²) in [7, 11) is 0. The third-order valence-electron chi connectivity index (χ3n) is 7.15. The van der Waals surface area contributed by atoms with Crippen molar-refractivity contribution >= 4 is 0 Å². The summed E-state index contributed by atoms with van der Waals surface area (Å²) in [6.07, 6.45) is 3.53. The van der Waals surface area contributed by atoms with E-state index in [0.717, 1.165) is 37.0 Å². The number of rotatable bonds is 3. The van der Waals surface area contributed by atoms with Gasteiger partial charge in [-0.1, -0.05) is 38.3 Å². The van der Waals surface area contributed by atoms with Crippen LogP contribution in [0.4, 0.5) is 17.6 Å². The highest BCUT2D eigenvalue weighted by Gasteiger charge is 2.43. The predicted molar refractivity (Wildman–Crippen MR) is 94.3 cm³/mol. The van der Waals surface area contributed by atoms with Gasteiger partial charge >= 0.3 is 6.36 Å². The van der Waals surface area contributed by atoms with Crippen LogP contribution in [0, 0.1) is 29.6 Å². The topological polar surface area (TPSA) is 9.23 Å². The maximum absolute atomic E-state index is 14.3. The van der Waals surface area contributed by atoms with Crippen LogP contribution in [0.5, 0.6) is 0 Å². The third kappa shape index (κ3) is 5.02. The molecule has 0 radical (unpaired) electrons. The highest BCUT2D eigenvalue weighted by molar-refractivity contribution is 5.14. The van der Waals surface area contributed by atoms with Crippen LogP contribution in [-0.2, 0) is 4.74 Å². The Morgan fingerprint density at radius 3 is 2.23 bits per heavy atom. The zero-order valence-corrected chi connectivity index (χ0v) is 15.9. The van der Waals surface area contributed by atoms with Crippen molar-refractivity contribution in [2.24, 2.45) is 29.6 Å². The maximum atomic E-state index is 14.3. The average Bonchev–Trinajstić information content (AvgIpc) is 2.57. The normalized spacial score (nSPS) is 42.4. The average molecular weight is 376 g/mol. The van der Waals surface area contributed by atoms with Crippen LogP contribution in [0.2, 0.25) is 0 Å². The number of halogens is 4. The Hall–Kier alpha value is -0.580. The molecule has 5 atom stereocenters. The highest BCUT2D eigenvalue weighted by atomic mass is 19.4. The largest absolute Gasteiger partial charge is 0.522 e. The summed E-state index contributed by atoms with van der Waals surface area (Å²) in [6, 6.07) is 0. The van der Waals surface area contributed by atoms with Crippen LogP contribution in [0.3, 0.4) is 0 Å². The van der Waals surface area contributed by atoms with Crippen LogP contribution in [0.25, 0.3) is 0 Å². The Morgan fingerprint density at radius 1 is 0.962 bits per heavy atom. The fourth-order valence-electron chi connectivity index (χ4n) is 5.51. The first kappa shape index (κ1) is 20.2. The zero-order valence-electron chi connectivity index (χ0n) is 15.9. The molecule has 5 heteroatoms. The van der Waals surface area contributed by atoms with Crippen molar-refractivity contribution in [3.05, 3.63) is 11.6 Å². The summed E-state index contributed by atoms with van der Waals surface area (Å²) in [5, 5.41) is 0. The second-order valence-corrected chi connectivity index (χ2v) is 9.01. The number of allylic oxidation sites excluding steroid dienone is 2. The SMILES string of the molecule is CC1CCC(C2CC=C(C3CC(F)C(OC(F)(F)F)CC3C)CC2)CC1. The van der Waals surface area contributed by atoms with Gasteiger partial charge in [-0.05, 0) is 74.5 Å². The van der Waals surface area contributed by atoms with E-state index >= 15 is 0 Å². The lowest BCUT2D eigenvalue weighted by molar-refractivity contribution is -0.353. The van der Waals surface area contributed by atoms with Gasteiger partial charge < -0.3 is 0 Å². The van der Waals surface area contributed by atoms with Crippen LogP contribution < -0.4 is 0 Å². The second-order valence-electron chi connectivity index (χ2n) is 9.01. The minimum atomic E-state index is -4.75. The van der Waals surface area contributed by atoms with E-state index < -0.39 is 18.6 Å². The molecule has 3 aliphatic carbocycles. The molecule has 0 aromatic rings. The van der Waals surface area contributed by atoms with Gasteiger partial charge in [0, 0.05) is 0 Å². The molecule has 0 aliphatic heterocycles. The van der Waals surface area contributed by atoms with Crippen LogP contribution in [0.15, 0.2) is 11.6 Å². The molecule has 3 rings (SSSR count). The lowest BCUT2D eigenvalue weighted by atomic mass is 9.67. The Balaban J connectivity index is 1.55. The van der Waals surface area contributed by atoms with E-state index in [0.29, 0.717) is 0 Å². The maximum Gasteiger partial charge on any atom is 0.522 e. The fourth-order valence-corrected chi connectivity index (χ4v) is 5.51. The molecule has 2 fully saturated rings. The Kier molecular flexibility index (Phi) is 6.36. The Labute approximate surface area is 154 Å². The molecule has 0 bridgehead atoms. The standard InChI is InChI=1S/C21H32F4O/c1-13-3-5-15(6-4-13)16-7-9-17(10-8-16)18-12-19(22)20(11-14(18)2)26-21(23,24)25/h9,13-16,18-20H,3-8,10-12H2,1-2H3. The summed E-state index contributed by atoms with van der Waals surface area (Å²) in [5.74, 6) is 2.54. The van der Waals surface area contributed by atoms with Crippen LogP contribution >= 0.6 is 0 Å². The fraction of sp³-hybridized carbons (Fsp3) is 0.905. The minimum Gasteiger partial charge on any atom is -0.285 e. The summed E-state index contributed by atoms with van der Waals surface area (Å²) in [4.78, 5) is 0. The van der Waals surface area contributed by atoms with Gasteiger partial charge in [-0.3, -0.25) is 4.74 Å². The molecule has 0 heterocycles. The van der Waals surface area contributed by atoms with E-state index in [1.54, 1.807) is 0 Å². The van der Waals surface area contributed by atoms with Gasteiger partial charge in [-0.25, -0.2) is 4.39 Å². The van der Waals surface area contributed by atoms with Crippen molar-refractivity contribution in [1.82, 2.24) is 0 Å². The van der Waals surface area contributed by atoms with Crippen molar-refractivity contribution in [3.63, 3.8) is 0 Å². The van der Waals surface area contributed by atoms with Crippen molar-refractivity contribution in [3.8, 4) is 0 Å². The van der Waals surface area contributed by atoms with E-state index in [-0.39, 0.29) is 24.7 Å². The third-order valence-corrected chi connectivity index (χ3v) is 7.15. The molecular formula is C21H32F4O. The van der Waals surface area contributed by atoms with E-state index in [2.05, 4.69) is 17.7 Å². The first-order chi connectivity index (χ1) is 12.2. The Bertz CT molecular complexity index is 493. The zero-order chi connectivity index (χ0) is 18.9. The number of hydrogen-bond acceptors (Lipinski definition) is 1. The van der Waals surface area contributed by atoms with Crippen molar-refractivity contribution in [2.75, 3.05) is 0 Å². The summed E-state index contributed by atoms with van der Waals surface area (Å²) in [5.41, 5.74) is 1.28. The quantitative estimate of drug-likeness (QED) is 0.387. The van der Waals surface area contributed by atoms with Gasteiger partial charge in [0.15, 0.2) is 0 Å². The molecule has 0 amide bonds. The lowest BCUT2D eigenvalue weighted by Crippen LogP contribution is -2.41. The molecule has 0 N–H and O–H groups in total. The molecule has 0 spiro atoms. The minimum absolute atomic E-state index is 0.0349. The van der Waals surface area contributed by atoms with Crippen molar-refractivity contribution < 1.29 is 22.3 Å². The van der Waals surface area contributed by atoms with Gasteiger partial charge in [-0.15, -0.1) is 13.2 Å². The summed E-state index contributed by atoms with van der Waals surface area (Å²) in [6.45, 7) is 4.28. The molecule has 0 aromatic heterocycles. The number of hydrogen-bond donors (Lipinski definition) is 0. The molecule has 26 heavy (non-hydrogen) atoms. The lowest BCUT2D eigenvalue weighted by Gasteiger charge is -2.40. The molecule has 0 saturated heterocycles. The van der Waals surface area contributed by atoms with E-state index in [1.165, 1.54) is 31.3 Å². The molecular weight excluding hydrogens is 344 g/mol. The highest BCUT2D eigenvalue weighted by Crippen LogP contribution is 2.45. The van der Waals surface area contributed by atoms with E-state index in [4.69, 9.17) is 0 Å². The molecule has 2 saturated carbocycles. The monoisotopic (exact) mass is 376 g/mol. The molecule has 3 aliphatic rings. The van der Waals surface area contributed by atoms with Gasteiger partial charge in [-0.2, -0.15) is 0 Å². The van der Waals surface area contributed by atoms with Gasteiger partial charge in [0.1, 0.15) is 6.17 Å². The first-order valence-electron chi connectivity index (χ1n) is 10.3. The Morgan fingerprint density at radius 2 is 1.65 bits per heavy atom. The molecule has 150 valence electrons. The number of alkyl halides is 4. The smallest absolute Gasteiger partial charge is 0.285 e. The first-order valence-corrected chi connectivity index (χ1v) is 10.3. The summed E-state index contributed by atoms with van der Waals surface area (Å²) >= 11 is 0. The molecule has 1 nitrogen and oxygen atoms in total. The van der Waals surface area contributed by atoms with Crippen molar-refractivity contribution in [1.29, 1.82) is 0 Å². The van der Waals surface area contributed by atoms with E-state index in [1.807, 2.05) is 6.92 Å². The number of ether oxygens (including phenoxy) is 1.